The molecule has 2 aromatic rings. The summed E-state index contributed by atoms with van der Waals surface area (Å²) in [7, 11) is 0. The van der Waals surface area contributed by atoms with Gasteiger partial charge in [0.1, 0.15) is 5.75 Å². The normalized spacial score (nSPS) is 10.7. The highest BCUT2D eigenvalue weighted by Crippen LogP contribution is 2.16. The fourth-order valence-electron chi connectivity index (χ4n) is 2.25. The van der Waals surface area contributed by atoms with Gasteiger partial charge in [-0.25, -0.2) is 5.43 Å². The molecule has 0 aliphatic carbocycles. The van der Waals surface area contributed by atoms with Crippen LogP contribution in [0, 0.1) is 0 Å². The number of carbonyl (C=O) groups excluding carboxylic acids is 1. The van der Waals surface area contributed by atoms with Gasteiger partial charge in [-0.1, -0.05) is 28.1 Å². The minimum atomic E-state index is -0.307. The number of hydrazone groups is 1. The minimum Gasteiger partial charge on any atom is -0.484 e. The number of ether oxygens (including phenoxy) is 1. The van der Waals surface area contributed by atoms with Crippen molar-refractivity contribution in [1.82, 2.24) is 5.43 Å². The molecule has 25 heavy (non-hydrogen) atoms. The van der Waals surface area contributed by atoms with Crippen LogP contribution in [-0.2, 0) is 4.79 Å². The smallest absolute Gasteiger partial charge is 0.277 e. The first-order valence-electron chi connectivity index (χ1n) is 8.17. The van der Waals surface area contributed by atoms with E-state index >= 15 is 0 Å². The van der Waals surface area contributed by atoms with E-state index in [0.717, 1.165) is 23.1 Å². The standard InChI is InChI=1S/C19H22BrN3O2/c1-3-23(4-2)17-9-5-15(6-10-17)13-21-22-19(24)14-25-18-11-7-16(20)8-12-18/h5-13H,3-4,14H2,1-2H3,(H,22,24). The zero-order chi connectivity index (χ0) is 18.1. The molecule has 0 radical (unpaired) electrons. The van der Waals surface area contributed by atoms with Crippen LogP contribution in [0.25, 0.3) is 0 Å². The molecule has 132 valence electrons. The maximum Gasteiger partial charge on any atom is 0.277 e. The van der Waals surface area contributed by atoms with E-state index in [2.05, 4.69) is 45.2 Å². The molecule has 0 aliphatic rings. The van der Waals surface area contributed by atoms with Crippen molar-refractivity contribution in [2.24, 2.45) is 5.10 Å². The number of amides is 1. The van der Waals surface area contributed by atoms with Crippen molar-refractivity contribution in [2.75, 3.05) is 24.6 Å². The molecule has 5 nitrogen and oxygen atoms in total. The third-order valence-electron chi connectivity index (χ3n) is 3.61. The van der Waals surface area contributed by atoms with Gasteiger partial charge in [0.2, 0.25) is 0 Å². The molecule has 0 heterocycles. The summed E-state index contributed by atoms with van der Waals surface area (Å²) in [5.74, 6) is 0.327. The largest absolute Gasteiger partial charge is 0.484 e. The molecule has 1 N–H and O–H groups in total. The summed E-state index contributed by atoms with van der Waals surface area (Å²) in [5.41, 5.74) is 4.55. The lowest BCUT2D eigenvalue weighted by Gasteiger charge is -2.20. The topological polar surface area (TPSA) is 53.9 Å². The summed E-state index contributed by atoms with van der Waals surface area (Å²) < 4.78 is 6.34. The SMILES string of the molecule is CCN(CC)c1ccc(C=NNC(=O)COc2ccc(Br)cc2)cc1. The van der Waals surface area contributed by atoms with Crippen molar-refractivity contribution in [1.29, 1.82) is 0 Å². The summed E-state index contributed by atoms with van der Waals surface area (Å²) in [6, 6.07) is 15.3. The zero-order valence-electron chi connectivity index (χ0n) is 14.4. The maximum atomic E-state index is 11.7. The Kier molecular flexibility index (Phi) is 7.47. The van der Waals surface area contributed by atoms with Gasteiger partial charge in [-0.05, 0) is 55.8 Å². The molecule has 1 amide bonds. The molecule has 6 heteroatoms. The Morgan fingerprint density at radius 1 is 1.12 bits per heavy atom. The van der Waals surface area contributed by atoms with Gasteiger partial charge < -0.3 is 9.64 Å². The van der Waals surface area contributed by atoms with Crippen molar-refractivity contribution in [3.8, 4) is 5.75 Å². The Morgan fingerprint density at radius 3 is 2.36 bits per heavy atom. The quantitative estimate of drug-likeness (QED) is 0.538. The van der Waals surface area contributed by atoms with E-state index in [1.165, 1.54) is 5.69 Å². The first-order valence-corrected chi connectivity index (χ1v) is 8.97. The first-order chi connectivity index (χ1) is 12.1. The number of hydrogen-bond donors (Lipinski definition) is 1. The number of hydrogen-bond acceptors (Lipinski definition) is 4. The van der Waals surface area contributed by atoms with Crippen LogP contribution in [-0.4, -0.2) is 31.8 Å². The molecule has 0 saturated heterocycles. The molecular weight excluding hydrogens is 382 g/mol. The Hall–Kier alpha value is -2.34. The van der Waals surface area contributed by atoms with Crippen molar-refractivity contribution < 1.29 is 9.53 Å². The second kappa shape index (κ2) is 9.84. The zero-order valence-corrected chi connectivity index (χ0v) is 16.0. The number of nitrogens with zero attached hydrogens (tertiary/aromatic N) is 2. The van der Waals surface area contributed by atoms with Gasteiger partial charge in [-0.3, -0.25) is 4.79 Å². The van der Waals surface area contributed by atoms with E-state index in [1.807, 2.05) is 36.4 Å². The van der Waals surface area contributed by atoms with Gasteiger partial charge in [-0.2, -0.15) is 5.10 Å². The van der Waals surface area contributed by atoms with Gasteiger partial charge in [-0.15, -0.1) is 0 Å². The summed E-state index contributed by atoms with van der Waals surface area (Å²) in [6.45, 7) is 6.12. The first kappa shape index (κ1) is 19.0. The van der Waals surface area contributed by atoms with Gasteiger partial charge in [0.25, 0.3) is 5.91 Å². The second-order valence-electron chi connectivity index (χ2n) is 5.30. The third-order valence-corrected chi connectivity index (χ3v) is 4.14. The van der Waals surface area contributed by atoms with E-state index in [0.29, 0.717) is 5.75 Å². The van der Waals surface area contributed by atoms with Gasteiger partial charge in [0, 0.05) is 23.2 Å². The number of anilines is 1. The summed E-state index contributed by atoms with van der Waals surface area (Å²) in [4.78, 5) is 14.0. The van der Waals surface area contributed by atoms with Crippen LogP contribution in [0.4, 0.5) is 5.69 Å². The van der Waals surface area contributed by atoms with Crippen LogP contribution >= 0.6 is 15.9 Å². The van der Waals surface area contributed by atoms with Crippen LogP contribution in [0.2, 0.25) is 0 Å². The Bertz CT molecular complexity index is 696. The van der Waals surface area contributed by atoms with Crippen LogP contribution in [0.15, 0.2) is 58.1 Å². The molecule has 0 atom stereocenters. The lowest BCUT2D eigenvalue weighted by Crippen LogP contribution is -2.24. The minimum absolute atomic E-state index is 0.0835. The van der Waals surface area contributed by atoms with Crippen LogP contribution in [0.5, 0.6) is 5.75 Å². The lowest BCUT2D eigenvalue weighted by molar-refractivity contribution is -0.123. The summed E-state index contributed by atoms with van der Waals surface area (Å²) in [5, 5.41) is 3.96. The molecule has 2 aromatic carbocycles. The van der Waals surface area contributed by atoms with Crippen molar-refractivity contribution >= 4 is 33.7 Å². The van der Waals surface area contributed by atoms with Crippen molar-refractivity contribution in [3.63, 3.8) is 0 Å². The highest BCUT2D eigenvalue weighted by Gasteiger charge is 2.02. The molecule has 0 bridgehead atoms. The van der Waals surface area contributed by atoms with Crippen LogP contribution in [0.3, 0.4) is 0 Å². The van der Waals surface area contributed by atoms with Gasteiger partial charge in [0.05, 0.1) is 6.21 Å². The molecule has 0 saturated carbocycles. The fourth-order valence-corrected chi connectivity index (χ4v) is 2.52. The Labute approximate surface area is 156 Å². The number of rotatable bonds is 8. The number of benzene rings is 2. The molecule has 2 rings (SSSR count). The van der Waals surface area contributed by atoms with E-state index in [9.17, 15) is 4.79 Å². The van der Waals surface area contributed by atoms with Gasteiger partial charge >= 0.3 is 0 Å². The maximum absolute atomic E-state index is 11.7. The average Bonchev–Trinajstić information content (AvgIpc) is 2.63. The van der Waals surface area contributed by atoms with Crippen LogP contribution < -0.4 is 15.1 Å². The highest BCUT2D eigenvalue weighted by atomic mass is 79.9. The van der Waals surface area contributed by atoms with Gasteiger partial charge in [0.15, 0.2) is 6.61 Å². The number of nitrogens with one attached hydrogen (secondary N) is 1. The third kappa shape index (κ3) is 6.23. The predicted molar refractivity (Wildman–Crippen MR) is 105 cm³/mol. The van der Waals surface area contributed by atoms with E-state index in [1.54, 1.807) is 18.3 Å². The molecule has 0 fully saturated rings. The molecular formula is C19H22BrN3O2. The summed E-state index contributed by atoms with van der Waals surface area (Å²) >= 11 is 3.35. The fraction of sp³-hybridized carbons (Fsp3) is 0.263. The molecule has 0 spiro atoms. The van der Waals surface area contributed by atoms with E-state index < -0.39 is 0 Å². The van der Waals surface area contributed by atoms with Crippen molar-refractivity contribution in [2.45, 2.75) is 13.8 Å². The Balaban J connectivity index is 1.79. The van der Waals surface area contributed by atoms with Crippen LogP contribution in [0.1, 0.15) is 19.4 Å². The van der Waals surface area contributed by atoms with E-state index in [-0.39, 0.29) is 12.5 Å². The summed E-state index contributed by atoms with van der Waals surface area (Å²) in [6.07, 6.45) is 1.61. The lowest BCUT2D eigenvalue weighted by atomic mass is 10.2. The number of carbonyl (C=O) groups is 1. The molecule has 0 unspecified atom stereocenters. The average molecular weight is 404 g/mol. The predicted octanol–water partition coefficient (Wildman–Crippen LogP) is 3.82. The van der Waals surface area contributed by atoms with Crippen molar-refractivity contribution in [3.05, 3.63) is 58.6 Å². The molecule has 0 aromatic heterocycles. The Morgan fingerprint density at radius 2 is 1.76 bits per heavy atom. The monoisotopic (exact) mass is 403 g/mol. The number of halogens is 1. The molecule has 0 aliphatic heterocycles. The van der Waals surface area contributed by atoms with E-state index in [4.69, 9.17) is 4.74 Å². The highest BCUT2D eigenvalue weighted by molar-refractivity contribution is 9.10. The second-order valence-corrected chi connectivity index (χ2v) is 6.22.